The van der Waals surface area contributed by atoms with Crippen molar-refractivity contribution in [2.75, 3.05) is 13.7 Å². The average Bonchev–Trinajstić information content (AvgIpc) is 2.59. The Morgan fingerprint density at radius 2 is 1.92 bits per heavy atom. The van der Waals surface area contributed by atoms with Crippen molar-refractivity contribution in [1.82, 2.24) is 5.32 Å². The summed E-state index contributed by atoms with van der Waals surface area (Å²) in [4.78, 5) is 12.5. The number of rotatable bonds is 6. The molecule has 2 rings (SSSR count). The summed E-state index contributed by atoms with van der Waals surface area (Å²) in [6.45, 7) is 3.59. The van der Waals surface area contributed by atoms with E-state index in [1.54, 1.807) is 57.4 Å². The fourth-order valence-corrected chi connectivity index (χ4v) is 2.37. The normalized spacial score (nSPS) is 12.5. The van der Waals surface area contributed by atoms with Crippen molar-refractivity contribution < 1.29 is 19.0 Å². The van der Waals surface area contributed by atoms with Gasteiger partial charge in [-0.1, -0.05) is 24.3 Å². The van der Waals surface area contributed by atoms with Gasteiger partial charge in [0.2, 0.25) is 5.91 Å². The molecule has 0 aliphatic carbocycles. The fraction of sp³-hybridized carbons (Fsp3) is 0.316. The molecule has 1 unspecified atom stereocenters. The number of carbonyl (C=O) groups is 1. The molecule has 0 bridgehead atoms. The molecule has 0 saturated heterocycles. The molecule has 4 nitrogen and oxygen atoms in total. The van der Waals surface area contributed by atoms with Crippen LogP contribution < -0.4 is 10.1 Å². The second-order valence-corrected chi connectivity index (χ2v) is 6.13. The lowest BCUT2D eigenvalue weighted by Gasteiger charge is -2.25. The summed E-state index contributed by atoms with van der Waals surface area (Å²) in [5.74, 6) is 0.0592. The highest BCUT2D eigenvalue weighted by molar-refractivity contribution is 5.87. The smallest absolute Gasteiger partial charge is 0.230 e. The third kappa shape index (κ3) is 4.11. The van der Waals surface area contributed by atoms with Crippen LogP contribution in [0.1, 0.15) is 31.1 Å². The van der Waals surface area contributed by atoms with E-state index in [2.05, 4.69) is 5.32 Å². The number of carbonyl (C=O) groups excluding carboxylic acids is 1. The molecule has 1 atom stereocenters. The van der Waals surface area contributed by atoms with Crippen LogP contribution in [0, 0.1) is 5.82 Å². The molecule has 24 heavy (non-hydrogen) atoms. The highest BCUT2D eigenvalue weighted by Gasteiger charge is 2.30. The van der Waals surface area contributed by atoms with Crippen molar-refractivity contribution >= 4 is 5.91 Å². The summed E-state index contributed by atoms with van der Waals surface area (Å²) in [5.41, 5.74) is 0.536. The van der Waals surface area contributed by atoms with E-state index in [1.807, 2.05) is 0 Å². The van der Waals surface area contributed by atoms with Crippen LogP contribution in [-0.4, -0.2) is 24.7 Å². The third-order valence-electron chi connectivity index (χ3n) is 4.07. The number of hydrogen-bond acceptors (Lipinski definition) is 3. The van der Waals surface area contributed by atoms with Crippen molar-refractivity contribution in [3.63, 3.8) is 0 Å². The number of amides is 1. The van der Waals surface area contributed by atoms with Gasteiger partial charge in [0, 0.05) is 6.54 Å². The number of hydrogen-bond donors (Lipinski definition) is 2. The van der Waals surface area contributed by atoms with Crippen molar-refractivity contribution in [2.45, 2.75) is 25.4 Å². The second-order valence-electron chi connectivity index (χ2n) is 6.13. The molecule has 0 heterocycles. The van der Waals surface area contributed by atoms with E-state index in [9.17, 15) is 14.3 Å². The van der Waals surface area contributed by atoms with Gasteiger partial charge in [-0.15, -0.1) is 0 Å². The van der Waals surface area contributed by atoms with Crippen LogP contribution in [0.15, 0.2) is 48.5 Å². The zero-order chi connectivity index (χ0) is 17.7. The van der Waals surface area contributed by atoms with Crippen molar-refractivity contribution in [2.24, 2.45) is 0 Å². The lowest BCUT2D eigenvalue weighted by molar-refractivity contribution is -0.126. The van der Waals surface area contributed by atoms with Gasteiger partial charge < -0.3 is 15.2 Å². The van der Waals surface area contributed by atoms with Crippen LogP contribution in [0.5, 0.6) is 5.75 Å². The molecule has 2 aromatic rings. The minimum atomic E-state index is -0.840. The Hall–Kier alpha value is -2.40. The number of benzene rings is 2. The largest absolute Gasteiger partial charge is 0.497 e. The van der Waals surface area contributed by atoms with Gasteiger partial charge in [0.25, 0.3) is 0 Å². The third-order valence-corrected chi connectivity index (χ3v) is 4.07. The van der Waals surface area contributed by atoms with Gasteiger partial charge in [-0.2, -0.15) is 0 Å². The number of halogens is 1. The number of ether oxygens (including phenoxy) is 1. The van der Waals surface area contributed by atoms with E-state index >= 15 is 0 Å². The van der Waals surface area contributed by atoms with Crippen LogP contribution in [0.3, 0.4) is 0 Å². The standard InChI is InChI=1S/C19H22FNO3/c1-19(2,14-7-9-15(20)10-8-14)18(23)21-12-17(22)13-5-4-6-16(11-13)24-3/h4-11,17,22H,12H2,1-3H3,(H,21,23). The number of nitrogens with one attached hydrogen (secondary N) is 1. The molecule has 0 fully saturated rings. The first-order chi connectivity index (χ1) is 11.3. The molecular formula is C19H22FNO3. The molecule has 2 aromatic carbocycles. The molecule has 0 aliphatic heterocycles. The van der Waals surface area contributed by atoms with Gasteiger partial charge in [-0.25, -0.2) is 4.39 Å². The number of aliphatic hydroxyl groups is 1. The first-order valence-corrected chi connectivity index (χ1v) is 7.71. The maximum Gasteiger partial charge on any atom is 0.230 e. The van der Waals surface area contributed by atoms with E-state index < -0.39 is 11.5 Å². The Morgan fingerprint density at radius 3 is 2.54 bits per heavy atom. The van der Waals surface area contributed by atoms with Gasteiger partial charge in [0.05, 0.1) is 18.6 Å². The molecule has 2 N–H and O–H groups in total. The molecule has 0 saturated carbocycles. The van der Waals surface area contributed by atoms with E-state index in [0.717, 1.165) is 0 Å². The zero-order valence-electron chi connectivity index (χ0n) is 14.0. The summed E-state index contributed by atoms with van der Waals surface area (Å²) >= 11 is 0. The lowest BCUT2D eigenvalue weighted by atomic mass is 9.83. The summed E-state index contributed by atoms with van der Waals surface area (Å²) in [6.07, 6.45) is -0.840. The summed E-state index contributed by atoms with van der Waals surface area (Å²) < 4.78 is 18.2. The first kappa shape index (κ1) is 17.9. The molecule has 0 aliphatic rings. The minimum Gasteiger partial charge on any atom is -0.497 e. The Balaban J connectivity index is 2.02. The Kier molecular flexibility index (Phi) is 5.57. The zero-order valence-corrected chi connectivity index (χ0v) is 14.0. The fourth-order valence-electron chi connectivity index (χ4n) is 2.37. The molecule has 128 valence electrons. The molecule has 0 radical (unpaired) electrons. The Bertz CT molecular complexity index is 698. The topological polar surface area (TPSA) is 58.6 Å². The van der Waals surface area contributed by atoms with E-state index in [1.165, 1.54) is 12.1 Å². The quantitative estimate of drug-likeness (QED) is 0.855. The van der Waals surface area contributed by atoms with Gasteiger partial charge >= 0.3 is 0 Å². The van der Waals surface area contributed by atoms with Crippen LogP contribution in [0.4, 0.5) is 4.39 Å². The van der Waals surface area contributed by atoms with E-state index in [0.29, 0.717) is 16.9 Å². The van der Waals surface area contributed by atoms with Crippen molar-refractivity contribution in [1.29, 1.82) is 0 Å². The second kappa shape index (κ2) is 7.45. The van der Waals surface area contributed by atoms with Gasteiger partial charge in [-0.3, -0.25) is 4.79 Å². The number of aliphatic hydroxyl groups excluding tert-OH is 1. The lowest BCUT2D eigenvalue weighted by Crippen LogP contribution is -2.41. The Labute approximate surface area is 141 Å². The summed E-state index contributed by atoms with van der Waals surface area (Å²) in [7, 11) is 1.55. The molecule has 1 amide bonds. The summed E-state index contributed by atoms with van der Waals surface area (Å²) in [5, 5.41) is 13.0. The van der Waals surface area contributed by atoms with E-state index in [-0.39, 0.29) is 18.3 Å². The monoisotopic (exact) mass is 331 g/mol. The molecular weight excluding hydrogens is 309 g/mol. The maximum absolute atomic E-state index is 13.0. The van der Waals surface area contributed by atoms with Crippen LogP contribution in [0.25, 0.3) is 0 Å². The highest BCUT2D eigenvalue weighted by Crippen LogP contribution is 2.24. The SMILES string of the molecule is COc1cccc(C(O)CNC(=O)C(C)(C)c2ccc(F)cc2)c1. The maximum atomic E-state index is 13.0. The average molecular weight is 331 g/mol. The van der Waals surface area contributed by atoms with Gasteiger partial charge in [0.1, 0.15) is 11.6 Å². The molecule has 5 heteroatoms. The molecule has 0 spiro atoms. The van der Waals surface area contributed by atoms with Crippen LogP contribution >= 0.6 is 0 Å². The van der Waals surface area contributed by atoms with Crippen LogP contribution in [-0.2, 0) is 10.2 Å². The summed E-state index contributed by atoms with van der Waals surface area (Å²) in [6, 6.07) is 12.9. The number of methoxy groups -OCH3 is 1. The minimum absolute atomic E-state index is 0.0800. The van der Waals surface area contributed by atoms with Gasteiger partial charge in [0.15, 0.2) is 0 Å². The van der Waals surface area contributed by atoms with Crippen molar-refractivity contribution in [3.05, 3.63) is 65.5 Å². The van der Waals surface area contributed by atoms with Gasteiger partial charge in [-0.05, 0) is 49.2 Å². The predicted octanol–water partition coefficient (Wildman–Crippen LogP) is 2.96. The first-order valence-electron chi connectivity index (χ1n) is 7.71. The Morgan fingerprint density at radius 1 is 1.25 bits per heavy atom. The predicted molar refractivity (Wildman–Crippen MR) is 90.4 cm³/mol. The van der Waals surface area contributed by atoms with Crippen LogP contribution in [0.2, 0.25) is 0 Å². The molecule has 0 aromatic heterocycles. The van der Waals surface area contributed by atoms with Crippen molar-refractivity contribution in [3.8, 4) is 5.75 Å². The highest BCUT2D eigenvalue weighted by atomic mass is 19.1. The van der Waals surface area contributed by atoms with E-state index in [4.69, 9.17) is 4.74 Å².